The highest BCUT2D eigenvalue weighted by Crippen LogP contribution is 2.25. The summed E-state index contributed by atoms with van der Waals surface area (Å²) in [7, 11) is 0. The summed E-state index contributed by atoms with van der Waals surface area (Å²) in [5.74, 6) is -0.272. The summed E-state index contributed by atoms with van der Waals surface area (Å²) in [6, 6.07) is 9.19. The molecule has 0 saturated heterocycles. The van der Waals surface area contributed by atoms with Gasteiger partial charge in [-0.05, 0) is 50.8 Å². The van der Waals surface area contributed by atoms with Gasteiger partial charge in [0.05, 0.1) is 5.56 Å². The molecular weight excluding hydrogens is 312 g/mol. The predicted octanol–water partition coefficient (Wildman–Crippen LogP) is 4.66. The second kappa shape index (κ2) is 6.83. The molecule has 6 heteroatoms. The second-order valence-electron chi connectivity index (χ2n) is 6.06. The van der Waals surface area contributed by atoms with Gasteiger partial charge >= 0.3 is 6.09 Å². The van der Waals surface area contributed by atoms with Crippen molar-refractivity contribution in [2.45, 2.75) is 33.3 Å². The Bertz CT molecular complexity index is 717. The molecule has 1 aromatic carbocycles. The van der Waals surface area contributed by atoms with Gasteiger partial charge in [0.15, 0.2) is 0 Å². The molecule has 5 nitrogen and oxygen atoms in total. The van der Waals surface area contributed by atoms with Crippen LogP contribution in [0.3, 0.4) is 0 Å². The second-order valence-corrected chi connectivity index (χ2v) is 6.98. The highest BCUT2D eigenvalue weighted by Gasteiger charge is 2.20. The Balaban J connectivity index is 2.10. The number of rotatable bonds is 3. The van der Waals surface area contributed by atoms with Crippen LogP contribution in [0.1, 0.15) is 36.7 Å². The molecule has 0 aliphatic heterocycles. The highest BCUT2D eigenvalue weighted by atomic mass is 32.1. The summed E-state index contributed by atoms with van der Waals surface area (Å²) in [4.78, 5) is 24.3. The Kier molecular flexibility index (Phi) is 5.05. The maximum absolute atomic E-state index is 12.4. The maximum Gasteiger partial charge on any atom is 0.412 e. The lowest BCUT2D eigenvalue weighted by atomic mass is 10.2. The monoisotopic (exact) mass is 332 g/mol. The van der Waals surface area contributed by atoms with Crippen molar-refractivity contribution in [2.75, 3.05) is 10.6 Å². The molecule has 0 bridgehead atoms. The van der Waals surface area contributed by atoms with Crippen LogP contribution in [0.5, 0.6) is 0 Å². The van der Waals surface area contributed by atoms with Gasteiger partial charge in [0.2, 0.25) is 0 Å². The van der Waals surface area contributed by atoms with E-state index in [2.05, 4.69) is 10.6 Å². The summed E-state index contributed by atoms with van der Waals surface area (Å²) in [5.41, 5.74) is 1.53. The molecule has 2 aromatic rings. The summed E-state index contributed by atoms with van der Waals surface area (Å²) < 4.78 is 5.21. The van der Waals surface area contributed by atoms with E-state index in [1.54, 1.807) is 32.2 Å². The van der Waals surface area contributed by atoms with E-state index >= 15 is 0 Å². The summed E-state index contributed by atoms with van der Waals surface area (Å²) in [5, 5.41) is 7.69. The van der Waals surface area contributed by atoms with E-state index in [1.807, 2.05) is 31.2 Å². The fourth-order valence-electron chi connectivity index (χ4n) is 1.88. The Labute approximate surface area is 139 Å². The van der Waals surface area contributed by atoms with E-state index in [0.29, 0.717) is 10.6 Å². The molecule has 2 rings (SSSR count). The van der Waals surface area contributed by atoms with Crippen molar-refractivity contribution in [1.82, 2.24) is 0 Å². The van der Waals surface area contributed by atoms with Crippen molar-refractivity contribution in [2.24, 2.45) is 0 Å². The van der Waals surface area contributed by atoms with Crippen molar-refractivity contribution in [3.8, 4) is 0 Å². The number of carbonyl (C=O) groups excluding carboxylic acids is 2. The van der Waals surface area contributed by atoms with Gasteiger partial charge in [0.1, 0.15) is 10.6 Å². The van der Waals surface area contributed by atoms with Crippen LogP contribution in [-0.4, -0.2) is 17.6 Å². The first-order valence-corrected chi connectivity index (χ1v) is 8.09. The molecule has 23 heavy (non-hydrogen) atoms. The van der Waals surface area contributed by atoms with E-state index in [-0.39, 0.29) is 5.91 Å². The average Bonchev–Trinajstić information content (AvgIpc) is 2.87. The van der Waals surface area contributed by atoms with Crippen LogP contribution < -0.4 is 10.6 Å². The number of ether oxygens (including phenoxy) is 1. The lowest BCUT2D eigenvalue weighted by Crippen LogP contribution is -2.27. The molecule has 0 unspecified atom stereocenters. The molecule has 0 atom stereocenters. The number of hydrogen-bond acceptors (Lipinski definition) is 4. The average molecular weight is 332 g/mol. The maximum atomic E-state index is 12.4. The number of amides is 2. The van der Waals surface area contributed by atoms with Crippen LogP contribution >= 0.6 is 11.3 Å². The van der Waals surface area contributed by atoms with E-state index < -0.39 is 11.7 Å². The molecule has 0 radical (unpaired) electrons. The molecule has 1 heterocycles. The van der Waals surface area contributed by atoms with E-state index in [4.69, 9.17) is 4.74 Å². The van der Waals surface area contributed by atoms with Crippen LogP contribution in [0.2, 0.25) is 0 Å². The zero-order valence-electron chi connectivity index (χ0n) is 13.6. The minimum absolute atomic E-state index is 0.272. The van der Waals surface area contributed by atoms with Gasteiger partial charge in [0, 0.05) is 5.69 Å². The van der Waals surface area contributed by atoms with Gasteiger partial charge in [-0.2, -0.15) is 0 Å². The number of anilines is 2. The van der Waals surface area contributed by atoms with Crippen LogP contribution in [0.15, 0.2) is 35.7 Å². The molecule has 0 spiro atoms. The molecule has 0 aliphatic carbocycles. The van der Waals surface area contributed by atoms with E-state index in [9.17, 15) is 9.59 Å². The molecule has 2 N–H and O–H groups in total. The number of carbonyl (C=O) groups is 2. The van der Waals surface area contributed by atoms with Crippen molar-refractivity contribution < 1.29 is 14.3 Å². The molecule has 0 aliphatic rings. The summed E-state index contributed by atoms with van der Waals surface area (Å²) in [6.45, 7) is 7.27. The Morgan fingerprint density at radius 2 is 1.78 bits per heavy atom. The van der Waals surface area contributed by atoms with Gasteiger partial charge in [-0.1, -0.05) is 18.2 Å². The third kappa shape index (κ3) is 4.82. The van der Waals surface area contributed by atoms with Gasteiger partial charge in [-0.25, -0.2) is 4.79 Å². The Hall–Kier alpha value is -2.34. The van der Waals surface area contributed by atoms with Crippen molar-refractivity contribution in [3.05, 3.63) is 46.8 Å². The lowest BCUT2D eigenvalue weighted by molar-refractivity contribution is 0.0636. The molecule has 0 saturated carbocycles. The topological polar surface area (TPSA) is 67.4 Å². The van der Waals surface area contributed by atoms with E-state index in [1.165, 1.54) is 11.3 Å². The standard InChI is InChI=1S/C17H20N2O3S/c1-11-7-5-6-8-13(11)18-14(20)12-9-10-23-15(12)19-16(21)22-17(2,3)4/h5-10H,1-4H3,(H,18,20)(H,19,21). The lowest BCUT2D eigenvalue weighted by Gasteiger charge is -2.19. The first-order chi connectivity index (χ1) is 10.8. The first-order valence-electron chi connectivity index (χ1n) is 7.21. The third-order valence-corrected chi connectivity index (χ3v) is 3.75. The molecule has 1 aromatic heterocycles. The quantitative estimate of drug-likeness (QED) is 0.859. The molecule has 0 fully saturated rings. The molecule has 2 amide bonds. The van der Waals surface area contributed by atoms with Crippen molar-refractivity contribution >= 4 is 34.0 Å². The molecule has 122 valence electrons. The van der Waals surface area contributed by atoms with Crippen LogP contribution in [0, 0.1) is 6.92 Å². The van der Waals surface area contributed by atoms with Crippen molar-refractivity contribution in [3.63, 3.8) is 0 Å². The van der Waals surface area contributed by atoms with Gasteiger partial charge in [-0.3, -0.25) is 10.1 Å². The fraction of sp³-hybridized carbons (Fsp3) is 0.294. The minimum Gasteiger partial charge on any atom is -0.444 e. The Morgan fingerprint density at radius 3 is 2.43 bits per heavy atom. The zero-order valence-corrected chi connectivity index (χ0v) is 14.4. The SMILES string of the molecule is Cc1ccccc1NC(=O)c1ccsc1NC(=O)OC(C)(C)C. The van der Waals surface area contributed by atoms with Crippen LogP contribution in [-0.2, 0) is 4.74 Å². The highest BCUT2D eigenvalue weighted by molar-refractivity contribution is 7.14. The van der Waals surface area contributed by atoms with Gasteiger partial charge < -0.3 is 10.1 Å². The smallest absolute Gasteiger partial charge is 0.412 e. The number of para-hydroxylation sites is 1. The predicted molar refractivity (Wildman–Crippen MR) is 93.3 cm³/mol. The van der Waals surface area contributed by atoms with Crippen LogP contribution in [0.25, 0.3) is 0 Å². The number of aryl methyl sites for hydroxylation is 1. The van der Waals surface area contributed by atoms with Gasteiger partial charge in [-0.15, -0.1) is 11.3 Å². The number of thiophene rings is 1. The fourth-order valence-corrected chi connectivity index (χ4v) is 2.65. The summed E-state index contributed by atoms with van der Waals surface area (Å²) in [6.07, 6.45) is -0.579. The number of nitrogens with one attached hydrogen (secondary N) is 2. The third-order valence-electron chi connectivity index (χ3n) is 2.92. The normalized spacial score (nSPS) is 11.0. The number of benzene rings is 1. The van der Waals surface area contributed by atoms with Crippen LogP contribution in [0.4, 0.5) is 15.5 Å². The molecular formula is C17H20N2O3S. The minimum atomic E-state index is -0.592. The Morgan fingerprint density at radius 1 is 1.09 bits per heavy atom. The first kappa shape index (κ1) is 17.0. The number of hydrogen-bond donors (Lipinski definition) is 2. The summed E-state index contributed by atoms with van der Waals surface area (Å²) >= 11 is 1.27. The van der Waals surface area contributed by atoms with E-state index in [0.717, 1.165) is 11.3 Å². The van der Waals surface area contributed by atoms with Crippen molar-refractivity contribution in [1.29, 1.82) is 0 Å². The largest absolute Gasteiger partial charge is 0.444 e. The van der Waals surface area contributed by atoms with Gasteiger partial charge in [0.25, 0.3) is 5.91 Å². The zero-order chi connectivity index (χ0) is 17.0.